The molecule has 2 rings (SSSR count). The maximum atomic E-state index is 4.54. The second-order valence-electron chi connectivity index (χ2n) is 6.14. The quantitative estimate of drug-likeness (QED) is 0.824. The molecule has 0 bridgehead atoms. The number of halogens is 1. The van der Waals surface area contributed by atoms with Crippen LogP contribution in [0.1, 0.15) is 50.4 Å². The van der Waals surface area contributed by atoms with E-state index >= 15 is 0 Å². The van der Waals surface area contributed by atoms with Crippen LogP contribution in [0, 0.1) is 18.8 Å². The van der Waals surface area contributed by atoms with E-state index in [9.17, 15) is 0 Å². The summed E-state index contributed by atoms with van der Waals surface area (Å²) < 4.78 is 3.28. The first-order valence-electron chi connectivity index (χ1n) is 8.02. The number of hydrogen-bond donors (Lipinski definition) is 1. The van der Waals surface area contributed by atoms with Crippen molar-refractivity contribution in [2.75, 3.05) is 13.1 Å². The average Bonchev–Trinajstić information content (AvgIpc) is 2.62. The summed E-state index contributed by atoms with van der Waals surface area (Å²) in [6.07, 6.45) is 8.11. The zero-order valence-electron chi connectivity index (χ0n) is 13.1. The van der Waals surface area contributed by atoms with E-state index in [1.807, 2.05) is 0 Å². The predicted molar refractivity (Wildman–Crippen MR) is 88.0 cm³/mol. The van der Waals surface area contributed by atoms with Gasteiger partial charge in [0.1, 0.15) is 0 Å². The Balaban J connectivity index is 2.10. The summed E-state index contributed by atoms with van der Waals surface area (Å²) in [5.74, 6) is 1.61. The SMILES string of the molecule is CCNCC1CCCCCC1Cc1c(Br)c(C)nn1C. The molecule has 1 N–H and O–H groups in total. The third kappa shape index (κ3) is 3.85. The molecule has 114 valence electrons. The lowest BCUT2D eigenvalue weighted by atomic mass is 9.84. The maximum Gasteiger partial charge on any atom is 0.0738 e. The minimum absolute atomic E-state index is 0.794. The molecular weight excluding hydrogens is 314 g/mol. The highest BCUT2D eigenvalue weighted by molar-refractivity contribution is 9.10. The van der Waals surface area contributed by atoms with Gasteiger partial charge in [-0.05, 0) is 67.0 Å². The fraction of sp³-hybridized carbons (Fsp3) is 0.812. The van der Waals surface area contributed by atoms with Crippen molar-refractivity contribution >= 4 is 15.9 Å². The molecule has 20 heavy (non-hydrogen) atoms. The van der Waals surface area contributed by atoms with Gasteiger partial charge >= 0.3 is 0 Å². The zero-order chi connectivity index (χ0) is 14.5. The van der Waals surface area contributed by atoms with Gasteiger partial charge in [-0.3, -0.25) is 4.68 Å². The van der Waals surface area contributed by atoms with Crippen molar-refractivity contribution < 1.29 is 0 Å². The Morgan fingerprint density at radius 3 is 2.55 bits per heavy atom. The summed E-state index contributed by atoms with van der Waals surface area (Å²) >= 11 is 3.72. The molecule has 1 heterocycles. The van der Waals surface area contributed by atoms with Gasteiger partial charge in [0.05, 0.1) is 15.9 Å². The Labute approximate surface area is 131 Å². The third-order valence-corrected chi connectivity index (χ3v) is 5.72. The monoisotopic (exact) mass is 341 g/mol. The molecule has 0 saturated heterocycles. The molecule has 0 aliphatic heterocycles. The number of aromatic nitrogens is 2. The largest absolute Gasteiger partial charge is 0.317 e. The maximum absolute atomic E-state index is 4.54. The molecule has 1 aliphatic carbocycles. The van der Waals surface area contributed by atoms with Crippen LogP contribution in [-0.4, -0.2) is 22.9 Å². The normalized spacial score (nSPS) is 23.8. The van der Waals surface area contributed by atoms with Crippen LogP contribution >= 0.6 is 15.9 Å². The number of nitrogens with one attached hydrogen (secondary N) is 1. The number of rotatable bonds is 5. The van der Waals surface area contributed by atoms with Crippen LogP contribution in [0.4, 0.5) is 0 Å². The smallest absolute Gasteiger partial charge is 0.0738 e. The molecule has 3 nitrogen and oxygen atoms in total. The fourth-order valence-electron chi connectivity index (χ4n) is 3.48. The topological polar surface area (TPSA) is 29.9 Å². The van der Waals surface area contributed by atoms with Crippen LogP contribution in [0.25, 0.3) is 0 Å². The summed E-state index contributed by atoms with van der Waals surface area (Å²) in [7, 11) is 2.07. The molecule has 0 amide bonds. The first-order chi connectivity index (χ1) is 9.63. The van der Waals surface area contributed by atoms with E-state index in [0.29, 0.717) is 0 Å². The molecule has 2 unspecified atom stereocenters. The highest BCUT2D eigenvalue weighted by Crippen LogP contribution is 2.33. The lowest BCUT2D eigenvalue weighted by Crippen LogP contribution is -2.29. The summed E-state index contributed by atoms with van der Waals surface area (Å²) in [4.78, 5) is 0. The highest BCUT2D eigenvalue weighted by Gasteiger charge is 2.25. The molecule has 1 fully saturated rings. The van der Waals surface area contributed by atoms with Crippen molar-refractivity contribution in [1.82, 2.24) is 15.1 Å². The van der Waals surface area contributed by atoms with Crippen molar-refractivity contribution in [2.45, 2.75) is 52.4 Å². The first kappa shape index (κ1) is 16.0. The molecule has 4 heteroatoms. The van der Waals surface area contributed by atoms with Crippen LogP contribution in [0.5, 0.6) is 0 Å². The summed E-state index contributed by atoms with van der Waals surface area (Å²) in [6, 6.07) is 0. The summed E-state index contributed by atoms with van der Waals surface area (Å²) in [5, 5.41) is 8.10. The van der Waals surface area contributed by atoms with Gasteiger partial charge in [0.15, 0.2) is 0 Å². The number of nitrogens with zero attached hydrogens (tertiary/aromatic N) is 2. The van der Waals surface area contributed by atoms with Gasteiger partial charge in [0.25, 0.3) is 0 Å². The fourth-order valence-corrected chi connectivity index (χ4v) is 3.98. The van der Waals surface area contributed by atoms with Crippen LogP contribution < -0.4 is 5.32 Å². The average molecular weight is 342 g/mol. The lowest BCUT2D eigenvalue weighted by molar-refractivity contribution is 0.295. The minimum Gasteiger partial charge on any atom is -0.317 e. The molecule has 2 atom stereocenters. The molecule has 1 aliphatic rings. The van der Waals surface area contributed by atoms with E-state index in [1.54, 1.807) is 0 Å². The molecule has 0 radical (unpaired) electrons. The van der Waals surface area contributed by atoms with E-state index in [0.717, 1.165) is 30.5 Å². The molecule has 1 aromatic rings. The minimum atomic E-state index is 0.794. The van der Waals surface area contributed by atoms with Gasteiger partial charge in [-0.15, -0.1) is 0 Å². The molecular formula is C16H28BrN3. The Kier molecular flexibility index (Phi) is 6.09. The number of aryl methyl sites for hydroxylation is 2. The zero-order valence-corrected chi connectivity index (χ0v) is 14.7. The van der Waals surface area contributed by atoms with Gasteiger partial charge in [0.2, 0.25) is 0 Å². The molecule has 0 spiro atoms. The van der Waals surface area contributed by atoms with Crippen molar-refractivity contribution in [3.63, 3.8) is 0 Å². The van der Waals surface area contributed by atoms with Crippen LogP contribution in [0.15, 0.2) is 4.47 Å². The second kappa shape index (κ2) is 7.60. The van der Waals surface area contributed by atoms with Crippen LogP contribution in [-0.2, 0) is 13.5 Å². The van der Waals surface area contributed by atoms with Gasteiger partial charge in [0, 0.05) is 7.05 Å². The highest BCUT2D eigenvalue weighted by atomic mass is 79.9. The van der Waals surface area contributed by atoms with Crippen LogP contribution in [0.2, 0.25) is 0 Å². The lowest BCUT2D eigenvalue weighted by Gasteiger charge is -2.25. The van der Waals surface area contributed by atoms with E-state index in [1.165, 1.54) is 48.8 Å². The Morgan fingerprint density at radius 1 is 1.25 bits per heavy atom. The van der Waals surface area contributed by atoms with E-state index < -0.39 is 0 Å². The Morgan fingerprint density at radius 2 is 1.95 bits per heavy atom. The summed E-state index contributed by atoms with van der Waals surface area (Å²) in [5.41, 5.74) is 2.48. The van der Waals surface area contributed by atoms with Crippen molar-refractivity contribution in [1.29, 1.82) is 0 Å². The van der Waals surface area contributed by atoms with Gasteiger partial charge in [-0.25, -0.2) is 0 Å². The predicted octanol–water partition coefficient (Wildman–Crippen LogP) is 3.84. The van der Waals surface area contributed by atoms with Crippen LogP contribution in [0.3, 0.4) is 0 Å². The van der Waals surface area contributed by atoms with E-state index in [2.05, 4.69) is 51.9 Å². The van der Waals surface area contributed by atoms with Gasteiger partial charge in [-0.2, -0.15) is 5.10 Å². The van der Waals surface area contributed by atoms with Gasteiger partial charge < -0.3 is 5.32 Å². The Hall–Kier alpha value is -0.350. The van der Waals surface area contributed by atoms with Crippen molar-refractivity contribution in [2.24, 2.45) is 18.9 Å². The van der Waals surface area contributed by atoms with E-state index in [4.69, 9.17) is 0 Å². The molecule has 1 aromatic heterocycles. The first-order valence-corrected chi connectivity index (χ1v) is 8.81. The third-order valence-electron chi connectivity index (χ3n) is 4.69. The van der Waals surface area contributed by atoms with Crippen molar-refractivity contribution in [3.8, 4) is 0 Å². The number of hydrogen-bond acceptors (Lipinski definition) is 2. The van der Waals surface area contributed by atoms with Gasteiger partial charge in [-0.1, -0.05) is 26.2 Å². The second-order valence-corrected chi connectivity index (χ2v) is 6.93. The molecule has 1 saturated carbocycles. The molecule has 0 aromatic carbocycles. The summed E-state index contributed by atoms with van der Waals surface area (Å²) in [6.45, 7) is 6.54. The van der Waals surface area contributed by atoms with E-state index in [-0.39, 0.29) is 0 Å². The Bertz CT molecular complexity index is 428. The standard InChI is InChI=1S/C16H28BrN3/c1-4-18-11-14-9-7-5-6-8-13(14)10-15-16(17)12(2)19-20(15)3/h13-14,18H,4-11H2,1-3H3. The van der Waals surface area contributed by atoms with Crippen molar-refractivity contribution in [3.05, 3.63) is 15.9 Å².